The van der Waals surface area contributed by atoms with Crippen molar-refractivity contribution >= 4 is 23.9 Å². The van der Waals surface area contributed by atoms with Crippen molar-refractivity contribution in [1.29, 1.82) is 0 Å². The molecule has 1 atom stereocenters. The lowest BCUT2D eigenvalue weighted by atomic mass is 10.4. The molecular weight excluding hydrogens is 335 g/mol. The zero-order chi connectivity index (χ0) is 18.6. The summed E-state index contributed by atoms with van der Waals surface area (Å²) in [6.45, 7) is 1.36. The van der Waals surface area contributed by atoms with Gasteiger partial charge in [0.05, 0.1) is 0 Å². The van der Waals surface area contributed by atoms with Crippen molar-refractivity contribution in [2.75, 3.05) is 6.67 Å². The Morgan fingerprint density at radius 1 is 0.913 bits per heavy atom. The number of carbonyl (C=O) groups excluding carboxylic acids is 4. The van der Waals surface area contributed by atoms with Gasteiger partial charge in [-0.3, -0.25) is 14.4 Å². The summed E-state index contributed by atoms with van der Waals surface area (Å²) in [5, 5.41) is 0. The van der Waals surface area contributed by atoms with Gasteiger partial charge in [0.25, 0.3) is 0 Å². The van der Waals surface area contributed by atoms with Gasteiger partial charge in [-0.2, -0.15) is 13.2 Å². The van der Waals surface area contributed by atoms with E-state index < -0.39 is 49.3 Å². The highest BCUT2D eigenvalue weighted by atomic mass is 19.4. The van der Waals surface area contributed by atoms with Gasteiger partial charge >= 0.3 is 30.1 Å². The topological polar surface area (TPSA) is 86.7 Å². The summed E-state index contributed by atoms with van der Waals surface area (Å²) in [5.41, 5.74) is 0. The van der Waals surface area contributed by atoms with Crippen molar-refractivity contribution in [1.82, 2.24) is 0 Å². The first-order chi connectivity index (χ1) is 10.5. The number of rotatable bonds is 5. The summed E-state index contributed by atoms with van der Waals surface area (Å²) >= 11 is 0. The number of alkyl halides is 5. The molecule has 0 amide bonds. The molecule has 0 saturated carbocycles. The largest absolute Gasteiger partial charge is 0.399 e. The molecule has 0 aliphatic rings. The minimum Gasteiger partial charge on any atom is -0.393 e. The normalized spacial score (nSPS) is 11.6. The fourth-order valence-electron chi connectivity index (χ4n) is 0.710. The van der Waals surface area contributed by atoms with Crippen LogP contribution in [0.15, 0.2) is 0 Å². The van der Waals surface area contributed by atoms with Crippen LogP contribution in [-0.4, -0.2) is 42.9 Å². The van der Waals surface area contributed by atoms with Gasteiger partial charge in [0.1, 0.15) is 13.1 Å². The van der Waals surface area contributed by atoms with E-state index in [1.165, 1.54) is 13.8 Å². The standard InChI is InChI=1S/C6H7F3O3.C6H8F2O3/c1-2-4(10)12-5(11)3-6(7,8)9;1-2-5(9)11-6(10)4(8)3-7/h2-3H2,1H3;4H,2-3H2,1H3. The van der Waals surface area contributed by atoms with Crippen LogP contribution >= 0.6 is 0 Å². The van der Waals surface area contributed by atoms with Crippen molar-refractivity contribution in [3.05, 3.63) is 0 Å². The molecule has 1 unspecified atom stereocenters. The zero-order valence-corrected chi connectivity index (χ0v) is 12.2. The third-order valence-electron chi connectivity index (χ3n) is 1.76. The van der Waals surface area contributed by atoms with Gasteiger partial charge < -0.3 is 9.47 Å². The molecule has 0 rings (SSSR count). The molecule has 0 aromatic heterocycles. The maximum Gasteiger partial charge on any atom is 0.399 e. The predicted molar refractivity (Wildman–Crippen MR) is 64.3 cm³/mol. The highest BCUT2D eigenvalue weighted by Crippen LogP contribution is 2.19. The lowest BCUT2D eigenvalue weighted by molar-refractivity contribution is -0.176. The number of hydrogen-bond acceptors (Lipinski definition) is 6. The molecular formula is C12H15F5O6. The summed E-state index contributed by atoms with van der Waals surface area (Å²) < 4.78 is 65.4. The first-order valence-corrected chi connectivity index (χ1v) is 6.21. The van der Waals surface area contributed by atoms with E-state index in [0.29, 0.717) is 0 Å². The molecule has 0 aliphatic heterocycles. The average Bonchev–Trinajstić information content (AvgIpc) is 2.44. The number of esters is 4. The molecule has 0 bridgehead atoms. The Morgan fingerprint density at radius 3 is 1.70 bits per heavy atom. The molecule has 0 heterocycles. The smallest absolute Gasteiger partial charge is 0.393 e. The number of ether oxygens (including phenoxy) is 2. The van der Waals surface area contributed by atoms with Crippen LogP contribution in [0.1, 0.15) is 33.1 Å². The van der Waals surface area contributed by atoms with Crippen molar-refractivity contribution in [2.24, 2.45) is 0 Å². The zero-order valence-electron chi connectivity index (χ0n) is 12.2. The number of hydrogen-bond donors (Lipinski definition) is 0. The molecule has 23 heavy (non-hydrogen) atoms. The Bertz CT molecular complexity index is 421. The quantitative estimate of drug-likeness (QED) is 0.429. The highest BCUT2D eigenvalue weighted by molar-refractivity contribution is 5.87. The van der Waals surface area contributed by atoms with E-state index in [-0.39, 0.29) is 12.8 Å². The van der Waals surface area contributed by atoms with Gasteiger partial charge in [-0.15, -0.1) is 0 Å². The van der Waals surface area contributed by atoms with Crippen LogP contribution < -0.4 is 0 Å². The van der Waals surface area contributed by atoms with Crippen LogP contribution in [-0.2, 0) is 28.7 Å². The maximum atomic E-state index is 12.0. The Hall–Kier alpha value is -2.07. The summed E-state index contributed by atoms with van der Waals surface area (Å²) in [7, 11) is 0. The molecule has 6 nitrogen and oxygen atoms in total. The fourth-order valence-corrected chi connectivity index (χ4v) is 0.710. The predicted octanol–water partition coefficient (Wildman–Crippen LogP) is 2.19. The molecule has 0 spiro atoms. The van der Waals surface area contributed by atoms with Gasteiger partial charge in [0.2, 0.25) is 6.17 Å². The maximum absolute atomic E-state index is 12.0. The van der Waals surface area contributed by atoms with E-state index in [1.54, 1.807) is 0 Å². The Labute approximate surface area is 127 Å². The summed E-state index contributed by atoms with van der Waals surface area (Å²) in [4.78, 5) is 41.2. The van der Waals surface area contributed by atoms with Crippen LogP contribution in [0.5, 0.6) is 0 Å². The van der Waals surface area contributed by atoms with Crippen molar-refractivity contribution in [2.45, 2.75) is 45.5 Å². The van der Waals surface area contributed by atoms with E-state index >= 15 is 0 Å². The van der Waals surface area contributed by atoms with Crippen LogP contribution in [0.4, 0.5) is 22.0 Å². The molecule has 11 heteroatoms. The molecule has 0 aromatic rings. The number of halogens is 5. The van der Waals surface area contributed by atoms with Crippen LogP contribution in [0.3, 0.4) is 0 Å². The minimum absolute atomic E-state index is 0.0370. The fraction of sp³-hybridized carbons (Fsp3) is 0.667. The summed E-state index contributed by atoms with van der Waals surface area (Å²) in [6, 6.07) is 0. The van der Waals surface area contributed by atoms with E-state index in [4.69, 9.17) is 0 Å². The molecule has 0 fully saturated rings. The van der Waals surface area contributed by atoms with Crippen LogP contribution in [0.25, 0.3) is 0 Å². The first-order valence-electron chi connectivity index (χ1n) is 6.21. The lowest BCUT2D eigenvalue weighted by Crippen LogP contribution is -2.23. The highest BCUT2D eigenvalue weighted by Gasteiger charge is 2.32. The molecule has 0 N–H and O–H groups in total. The van der Waals surface area contributed by atoms with Gasteiger partial charge in [-0.25, -0.2) is 13.6 Å². The Morgan fingerprint density at radius 2 is 1.35 bits per heavy atom. The van der Waals surface area contributed by atoms with Crippen molar-refractivity contribution in [3.8, 4) is 0 Å². The van der Waals surface area contributed by atoms with Gasteiger partial charge in [0.15, 0.2) is 0 Å². The van der Waals surface area contributed by atoms with Gasteiger partial charge in [0, 0.05) is 12.8 Å². The van der Waals surface area contributed by atoms with Crippen LogP contribution in [0, 0.1) is 0 Å². The second-order valence-electron chi connectivity index (χ2n) is 3.76. The van der Waals surface area contributed by atoms with Crippen molar-refractivity contribution in [3.63, 3.8) is 0 Å². The third kappa shape index (κ3) is 14.6. The molecule has 0 aromatic carbocycles. The van der Waals surface area contributed by atoms with Gasteiger partial charge in [-0.05, 0) is 0 Å². The van der Waals surface area contributed by atoms with Crippen LogP contribution in [0.2, 0.25) is 0 Å². The molecule has 0 radical (unpaired) electrons. The van der Waals surface area contributed by atoms with E-state index in [2.05, 4.69) is 9.47 Å². The Balaban J connectivity index is 0. The van der Waals surface area contributed by atoms with E-state index in [9.17, 15) is 41.1 Å². The first kappa shape index (κ1) is 23.2. The third-order valence-corrected chi connectivity index (χ3v) is 1.76. The molecule has 134 valence electrons. The monoisotopic (exact) mass is 350 g/mol. The summed E-state index contributed by atoms with van der Waals surface area (Å²) in [5.74, 6) is -4.83. The van der Waals surface area contributed by atoms with Crippen molar-refractivity contribution < 1.29 is 50.6 Å². The SMILES string of the molecule is CCC(=O)OC(=O)C(F)CF.CCC(=O)OC(=O)CC(F)(F)F. The lowest BCUT2D eigenvalue weighted by Gasteiger charge is -2.04. The number of carbonyl (C=O) groups is 4. The molecule has 0 saturated heterocycles. The summed E-state index contributed by atoms with van der Waals surface area (Å²) in [6.07, 6.45) is -8.84. The minimum atomic E-state index is -4.62. The van der Waals surface area contributed by atoms with E-state index in [1.807, 2.05) is 0 Å². The average molecular weight is 350 g/mol. The second-order valence-corrected chi connectivity index (χ2v) is 3.76. The second kappa shape index (κ2) is 11.5. The Kier molecular flexibility index (Phi) is 11.6. The van der Waals surface area contributed by atoms with E-state index in [0.717, 1.165) is 0 Å². The van der Waals surface area contributed by atoms with Gasteiger partial charge in [-0.1, -0.05) is 13.8 Å². The molecule has 0 aliphatic carbocycles.